The molecule has 198 valence electrons. The summed E-state index contributed by atoms with van der Waals surface area (Å²) < 4.78 is 12.3. The van der Waals surface area contributed by atoms with Gasteiger partial charge in [0.15, 0.2) is 6.29 Å². The molecule has 2 heterocycles. The summed E-state index contributed by atoms with van der Waals surface area (Å²) in [6.45, 7) is 8.01. The van der Waals surface area contributed by atoms with E-state index in [1.54, 1.807) is 13.0 Å². The van der Waals surface area contributed by atoms with Crippen LogP contribution in [-0.4, -0.2) is 54.1 Å². The summed E-state index contributed by atoms with van der Waals surface area (Å²) in [6.07, 6.45) is 23.0. The second-order valence-corrected chi connectivity index (χ2v) is 9.52. The van der Waals surface area contributed by atoms with Crippen molar-refractivity contribution in [1.82, 2.24) is 10.6 Å². The van der Waals surface area contributed by atoms with Crippen LogP contribution in [0.4, 0.5) is 0 Å². The van der Waals surface area contributed by atoms with Gasteiger partial charge in [-0.25, -0.2) is 0 Å². The molecule has 7 atom stereocenters. The van der Waals surface area contributed by atoms with Crippen molar-refractivity contribution in [2.75, 3.05) is 6.54 Å². The van der Waals surface area contributed by atoms with Crippen molar-refractivity contribution in [2.24, 2.45) is 11.8 Å². The maximum atomic E-state index is 11.9. The van der Waals surface area contributed by atoms with E-state index in [9.17, 15) is 14.7 Å². The van der Waals surface area contributed by atoms with Gasteiger partial charge in [-0.05, 0) is 31.6 Å². The van der Waals surface area contributed by atoms with Gasteiger partial charge in [0.2, 0.25) is 11.8 Å². The van der Waals surface area contributed by atoms with Crippen LogP contribution in [0.3, 0.4) is 0 Å². The largest absolute Gasteiger partial charge is 0.388 e. The maximum absolute atomic E-state index is 11.9. The molecule has 2 amide bonds. The molecular weight excluding hydrogens is 456 g/mol. The normalized spacial score (nSPS) is 38.0. The van der Waals surface area contributed by atoms with Crippen LogP contribution in [0.5, 0.6) is 0 Å². The Morgan fingerprint density at radius 1 is 1.03 bits per heavy atom. The van der Waals surface area contributed by atoms with E-state index >= 15 is 0 Å². The van der Waals surface area contributed by atoms with Gasteiger partial charge in [0.1, 0.15) is 6.10 Å². The number of rotatable bonds is 3. The quantitative estimate of drug-likeness (QED) is 0.549. The monoisotopic (exact) mass is 498 g/mol. The minimum atomic E-state index is -0.781. The van der Waals surface area contributed by atoms with E-state index < -0.39 is 24.5 Å². The first-order valence-electron chi connectivity index (χ1n) is 12.8. The highest BCUT2D eigenvalue weighted by Crippen LogP contribution is 2.26. The Labute approximate surface area is 215 Å². The third kappa shape index (κ3) is 11.3. The Hall–Kier alpha value is -2.74. The number of amides is 2. The predicted octanol–water partition coefficient (Wildman–Crippen LogP) is 3.89. The zero-order valence-corrected chi connectivity index (χ0v) is 21.9. The van der Waals surface area contributed by atoms with Crippen molar-refractivity contribution >= 4 is 11.8 Å². The van der Waals surface area contributed by atoms with Crippen molar-refractivity contribution < 1.29 is 24.2 Å². The topological polar surface area (TPSA) is 96.9 Å². The van der Waals surface area contributed by atoms with Gasteiger partial charge in [-0.2, -0.15) is 0 Å². The first kappa shape index (κ1) is 29.5. The molecule has 7 heteroatoms. The van der Waals surface area contributed by atoms with Crippen LogP contribution in [0.1, 0.15) is 47.0 Å². The third-order valence-electron chi connectivity index (χ3n) is 6.16. The van der Waals surface area contributed by atoms with Gasteiger partial charge < -0.3 is 25.2 Å². The molecule has 0 aromatic rings. The molecule has 0 aromatic heterocycles. The van der Waals surface area contributed by atoms with Crippen LogP contribution >= 0.6 is 0 Å². The minimum absolute atomic E-state index is 0.122. The summed E-state index contributed by atoms with van der Waals surface area (Å²) in [6, 6.07) is -0.415. The van der Waals surface area contributed by atoms with Gasteiger partial charge >= 0.3 is 0 Å². The highest BCUT2D eigenvalue weighted by Gasteiger charge is 2.37. The molecule has 0 aromatic carbocycles. The second kappa shape index (κ2) is 16.1. The molecular formula is C29H42N2O5. The van der Waals surface area contributed by atoms with Gasteiger partial charge in [-0.3, -0.25) is 9.59 Å². The van der Waals surface area contributed by atoms with E-state index in [0.717, 1.165) is 6.42 Å². The number of aliphatic hydroxyl groups is 1. The molecule has 1 fully saturated rings. The summed E-state index contributed by atoms with van der Waals surface area (Å²) >= 11 is 0. The number of allylic oxidation sites excluding steroid dienone is 9. The van der Waals surface area contributed by atoms with Crippen molar-refractivity contribution in [3.8, 4) is 0 Å². The molecule has 3 N–H and O–H groups in total. The maximum Gasteiger partial charge on any atom is 0.243 e. The fourth-order valence-corrected chi connectivity index (χ4v) is 4.02. The van der Waals surface area contributed by atoms with Gasteiger partial charge in [0.25, 0.3) is 0 Å². The molecule has 7 unspecified atom stereocenters. The summed E-state index contributed by atoms with van der Waals surface area (Å²) in [5.74, 6) is 0.127. The molecule has 0 spiro atoms. The Kier molecular flexibility index (Phi) is 13.2. The number of carbonyl (C=O) groups excluding carboxylic acids is 2. The summed E-state index contributed by atoms with van der Waals surface area (Å²) in [7, 11) is 0. The van der Waals surface area contributed by atoms with Gasteiger partial charge in [0, 0.05) is 26.0 Å². The van der Waals surface area contributed by atoms with Gasteiger partial charge in [-0.15, -0.1) is 0 Å². The number of nitrogens with one attached hydrogen (secondary N) is 2. The molecule has 2 aliphatic heterocycles. The molecule has 7 nitrogen and oxygen atoms in total. The summed E-state index contributed by atoms with van der Waals surface area (Å²) in [5.41, 5.74) is 0. The Balaban J connectivity index is 2.12. The molecule has 0 aliphatic carbocycles. The fraction of sp³-hybridized carbons (Fsp3) is 0.517. The molecule has 1 saturated heterocycles. The molecule has 0 saturated carbocycles. The molecule has 2 rings (SSSR count). The minimum Gasteiger partial charge on any atom is -0.388 e. The van der Waals surface area contributed by atoms with E-state index in [1.807, 2.05) is 48.6 Å². The van der Waals surface area contributed by atoms with Crippen molar-refractivity contribution in [3.05, 3.63) is 72.9 Å². The van der Waals surface area contributed by atoms with Crippen LogP contribution < -0.4 is 10.6 Å². The van der Waals surface area contributed by atoms with Gasteiger partial charge in [-0.1, -0.05) is 80.7 Å². The standard InChI is InChI=1S/C29H42N2O5/c1-21-15-11-7-5-8-12-16-22(2)26(17-13-9-6-10-14-18-27(33)30-20-21)36-28-19-25(31-24(4)32)29(34)23(3)35-28/h5-15,18,21-23,25-26,28-29,34H,16-17,19-20H2,1-4H3,(H,30,33)(H,31,32)/b7-5-,10-6+,12-8+,13-9-,15-11+,18-14-. The second-order valence-electron chi connectivity index (χ2n) is 9.52. The average Bonchev–Trinajstić information content (AvgIpc) is 2.82. The summed E-state index contributed by atoms with van der Waals surface area (Å²) in [4.78, 5) is 23.5. The Morgan fingerprint density at radius 3 is 2.42 bits per heavy atom. The number of hydrogen-bond acceptors (Lipinski definition) is 5. The lowest BCUT2D eigenvalue weighted by molar-refractivity contribution is -0.246. The zero-order chi connectivity index (χ0) is 26.3. The Bertz CT molecular complexity index is 873. The molecule has 36 heavy (non-hydrogen) atoms. The number of aliphatic hydroxyl groups excluding tert-OH is 1. The highest BCUT2D eigenvalue weighted by atomic mass is 16.7. The van der Waals surface area contributed by atoms with Crippen molar-refractivity contribution in [1.29, 1.82) is 0 Å². The Morgan fingerprint density at radius 2 is 1.69 bits per heavy atom. The number of hydrogen-bond donors (Lipinski definition) is 3. The highest BCUT2D eigenvalue weighted by molar-refractivity contribution is 5.87. The van der Waals surface area contributed by atoms with Crippen LogP contribution in [-0.2, 0) is 19.1 Å². The smallest absolute Gasteiger partial charge is 0.243 e. The fourth-order valence-electron chi connectivity index (χ4n) is 4.02. The number of carbonyl (C=O) groups is 2. The van der Waals surface area contributed by atoms with Crippen LogP contribution in [0, 0.1) is 11.8 Å². The van der Waals surface area contributed by atoms with E-state index in [2.05, 4.69) is 36.6 Å². The van der Waals surface area contributed by atoms with Gasteiger partial charge in [0.05, 0.1) is 18.2 Å². The van der Waals surface area contributed by atoms with Crippen LogP contribution in [0.2, 0.25) is 0 Å². The SMILES string of the molecule is CC(=O)NC1CC(OC2C\C=C/C=C/C=C\C(=O)NCC(C)/C=C/C=C\C=C\CC2C)OC(C)C1O. The number of ether oxygens (including phenoxy) is 2. The molecule has 0 bridgehead atoms. The lowest BCUT2D eigenvalue weighted by atomic mass is 9.96. The van der Waals surface area contributed by atoms with E-state index in [1.165, 1.54) is 13.0 Å². The van der Waals surface area contributed by atoms with E-state index in [4.69, 9.17) is 9.47 Å². The molecule has 2 aliphatic rings. The van der Waals surface area contributed by atoms with Crippen LogP contribution in [0.15, 0.2) is 72.9 Å². The van der Waals surface area contributed by atoms with Crippen LogP contribution in [0.25, 0.3) is 0 Å². The predicted molar refractivity (Wildman–Crippen MR) is 143 cm³/mol. The first-order chi connectivity index (χ1) is 17.3. The van der Waals surface area contributed by atoms with Crippen molar-refractivity contribution in [3.63, 3.8) is 0 Å². The van der Waals surface area contributed by atoms with E-state index in [0.29, 0.717) is 19.4 Å². The third-order valence-corrected chi connectivity index (χ3v) is 6.16. The molecule has 0 radical (unpaired) electrons. The average molecular weight is 499 g/mol. The first-order valence-corrected chi connectivity index (χ1v) is 12.8. The lowest BCUT2D eigenvalue weighted by Crippen LogP contribution is -2.55. The lowest BCUT2D eigenvalue weighted by Gasteiger charge is -2.39. The summed E-state index contributed by atoms with van der Waals surface area (Å²) in [5, 5.41) is 16.1. The van der Waals surface area contributed by atoms with Crippen molar-refractivity contribution in [2.45, 2.75) is 77.6 Å². The van der Waals surface area contributed by atoms with E-state index in [-0.39, 0.29) is 29.8 Å². The zero-order valence-electron chi connectivity index (χ0n) is 21.9.